The first-order valence-corrected chi connectivity index (χ1v) is 12.6. The van der Waals surface area contributed by atoms with Crippen molar-refractivity contribution in [3.8, 4) is 11.5 Å². The molecule has 6 fully saturated rings. The Hall–Kier alpha value is -1.26. The van der Waals surface area contributed by atoms with Gasteiger partial charge < -0.3 is 18.9 Å². The van der Waals surface area contributed by atoms with Gasteiger partial charge in [-0.3, -0.25) is 0 Å². The number of benzene rings is 1. The predicted molar refractivity (Wildman–Crippen MR) is 120 cm³/mol. The van der Waals surface area contributed by atoms with Crippen molar-refractivity contribution in [1.29, 1.82) is 0 Å². The van der Waals surface area contributed by atoms with Crippen molar-refractivity contribution in [2.75, 3.05) is 26.4 Å². The van der Waals surface area contributed by atoms with Crippen LogP contribution in [0.1, 0.15) is 76.8 Å². The van der Waals surface area contributed by atoms with E-state index in [-0.39, 0.29) is 23.0 Å². The molecule has 0 radical (unpaired) electrons. The van der Waals surface area contributed by atoms with Gasteiger partial charge in [-0.05, 0) is 85.7 Å². The summed E-state index contributed by atoms with van der Waals surface area (Å²) in [6.45, 7) is 9.97. The number of hydrogen-bond donors (Lipinski definition) is 0. The molecular weight excluding hydrogens is 388 g/mol. The molecule has 170 valence electrons. The summed E-state index contributed by atoms with van der Waals surface area (Å²) in [6, 6.07) is 4.62. The van der Waals surface area contributed by atoms with Gasteiger partial charge >= 0.3 is 0 Å². The van der Waals surface area contributed by atoms with Crippen LogP contribution in [0.3, 0.4) is 0 Å². The standard InChI is InChI=1S/C27H38O4/c1-4-26(2,3)23-8-20(28-13-21-14-29-21)9-24(25(23)31-16-22-15-30-22)27-10-17-5-18(11-27)7-19(6-17)12-27/h8-9,17-19,21-22H,4-7,10-16H2,1-3H3. The zero-order valence-corrected chi connectivity index (χ0v) is 19.5. The maximum absolute atomic E-state index is 6.66. The summed E-state index contributed by atoms with van der Waals surface area (Å²) in [5, 5.41) is 0. The van der Waals surface area contributed by atoms with Crippen LogP contribution in [0.25, 0.3) is 0 Å². The molecule has 0 spiro atoms. The van der Waals surface area contributed by atoms with Gasteiger partial charge in [0.25, 0.3) is 0 Å². The molecule has 2 unspecified atom stereocenters. The van der Waals surface area contributed by atoms with Gasteiger partial charge in [0.05, 0.1) is 13.2 Å². The molecule has 4 aliphatic carbocycles. The molecule has 7 rings (SSSR count). The van der Waals surface area contributed by atoms with Crippen LogP contribution >= 0.6 is 0 Å². The minimum Gasteiger partial charge on any atom is -0.491 e. The highest BCUT2D eigenvalue weighted by Gasteiger charge is 2.53. The van der Waals surface area contributed by atoms with E-state index in [1.54, 1.807) is 0 Å². The summed E-state index contributed by atoms with van der Waals surface area (Å²) < 4.78 is 23.9. The van der Waals surface area contributed by atoms with Crippen LogP contribution in [-0.4, -0.2) is 38.6 Å². The van der Waals surface area contributed by atoms with E-state index in [1.807, 2.05) is 0 Å². The minimum atomic E-state index is 0.0340. The van der Waals surface area contributed by atoms with Crippen molar-refractivity contribution in [3.63, 3.8) is 0 Å². The monoisotopic (exact) mass is 426 g/mol. The van der Waals surface area contributed by atoms with Crippen LogP contribution in [0.2, 0.25) is 0 Å². The highest BCUT2D eigenvalue weighted by Crippen LogP contribution is 2.63. The fraction of sp³-hybridized carbons (Fsp3) is 0.778. The topological polar surface area (TPSA) is 43.5 Å². The van der Waals surface area contributed by atoms with E-state index in [0.717, 1.165) is 48.9 Å². The van der Waals surface area contributed by atoms with Gasteiger partial charge in [0.15, 0.2) is 0 Å². The van der Waals surface area contributed by atoms with Gasteiger partial charge in [-0.25, -0.2) is 0 Å². The van der Waals surface area contributed by atoms with Gasteiger partial charge in [0.2, 0.25) is 0 Å². The molecule has 4 nitrogen and oxygen atoms in total. The van der Waals surface area contributed by atoms with Crippen LogP contribution in [0.5, 0.6) is 11.5 Å². The Morgan fingerprint density at radius 1 is 0.903 bits per heavy atom. The minimum absolute atomic E-state index is 0.0340. The van der Waals surface area contributed by atoms with Crippen molar-refractivity contribution in [3.05, 3.63) is 23.3 Å². The average molecular weight is 427 g/mol. The number of epoxide rings is 2. The normalized spacial score (nSPS) is 37.7. The first-order valence-electron chi connectivity index (χ1n) is 12.6. The summed E-state index contributed by atoms with van der Waals surface area (Å²) in [7, 11) is 0. The largest absolute Gasteiger partial charge is 0.491 e. The van der Waals surface area contributed by atoms with E-state index in [4.69, 9.17) is 18.9 Å². The quantitative estimate of drug-likeness (QED) is 0.496. The molecule has 0 N–H and O–H groups in total. The predicted octanol–water partition coefficient (Wildman–Crippen LogP) is 5.40. The van der Waals surface area contributed by atoms with E-state index in [1.165, 1.54) is 49.7 Å². The molecule has 31 heavy (non-hydrogen) atoms. The van der Waals surface area contributed by atoms with Crippen molar-refractivity contribution in [2.24, 2.45) is 17.8 Å². The van der Waals surface area contributed by atoms with Gasteiger partial charge in [0.1, 0.15) is 36.9 Å². The molecule has 2 aliphatic heterocycles. The molecule has 2 atom stereocenters. The van der Waals surface area contributed by atoms with E-state index in [9.17, 15) is 0 Å². The molecule has 0 amide bonds. The summed E-state index contributed by atoms with van der Waals surface area (Å²) in [5.41, 5.74) is 3.06. The number of hydrogen-bond acceptors (Lipinski definition) is 4. The highest BCUT2D eigenvalue weighted by atomic mass is 16.6. The average Bonchev–Trinajstić information content (AvgIpc) is 3.64. The van der Waals surface area contributed by atoms with Gasteiger partial charge in [-0.15, -0.1) is 0 Å². The Kier molecular flexibility index (Phi) is 4.85. The van der Waals surface area contributed by atoms with Crippen LogP contribution in [0.15, 0.2) is 12.1 Å². The molecule has 1 aromatic rings. The SMILES string of the molecule is CCC(C)(C)c1cc(OCC2CO2)cc(C23CC4CC(CC(C4)C2)C3)c1OCC1CO1. The van der Waals surface area contributed by atoms with Crippen molar-refractivity contribution in [1.82, 2.24) is 0 Å². The second-order valence-corrected chi connectivity index (χ2v) is 11.8. The lowest BCUT2D eigenvalue weighted by Gasteiger charge is -2.57. The van der Waals surface area contributed by atoms with E-state index >= 15 is 0 Å². The smallest absolute Gasteiger partial charge is 0.127 e. The highest BCUT2D eigenvalue weighted by molar-refractivity contribution is 5.54. The van der Waals surface area contributed by atoms with E-state index in [0.29, 0.717) is 13.2 Å². The van der Waals surface area contributed by atoms with E-state index in [2.05, 4.69) is 32.9 Å². The summed E-state index contributed by atoms with van der Waals surface area (Å²) in [4.78, 5) is 0. The molecule has 2 saturated heterocycles. The Labute approximate surface area is 187 Å². The first kappa shape index (κ1) is 20.4. The molecule has 1 aromatic carbocycles. The molecule has 0 aromatic heterocycles. The van der Waals surface area contributed by atoms with Crippen LogP contribution in [0.4, 0.5) is 0 Å². The lowest BCUT2D eigenvalue weighted by Crippen LogP contribution is -2.48. The first-order chi connectivity index (χ1) is 14.9. The third kappa shape index (κ3) is 3.88. The molecule has 2 heterocycles. The van der Waals surface area contributed by atoms with Crippen molar-refractivity contribution >= 4 is 0 Å². The van der Waals surface area contributed by atoms with Crippen molar-refractivity contribution < 1.29 is 18.9 Å². The summed E-state index contributed by atoms with van der Waals surface area (Å²) in [5.74, 6) is 4.86. The van der Waals surface area contributed by atoms with Gasteiger partial charge in [-0.2, -0.15) is 0 Å². The van der Waals surface area contributed by atoms with Gasteiger partial charge in [0, 0.05) is 11.1 Å². The molecule has 6 aliphatic rings. The Balaban J connectivity index is 1.44. The molecular formula is C27H38O4. The van der Waals surface area contributed by atoms with Crippen LogP contribution in [-0.2, 0) is 20.3 Å². The lowest BCUT2D eigenvalue weighted by atomic mass is 9.47. The fourth-order valence-electron chi connectivity index (χ4n) is 7.06. The van der Waals surface area contributed by atoms with Gasteiger partial charge in [-0.1, -0.05) is 20.8 Å². The number of rotatable bonds is 9. The van der Waals surface area contributed by atoms with E-state index < -0.39 is 0 Å². The lowest BCUT2D eigenvalue weighted by molar-refractivity contribution is -0.00667. The second-order valence-electron chi connectivity index (χ2n) is 11.8. The maximum atomic E-state index is 6.66. The van der Waals surface area contributed by atoms with Crippen LogP contribution < -0.4 is 9.47 Å². The second kappa shape index (κ2) is 7.38. The maximum Gasteiger partial charge on any atom is 0.127 e. The third-order valence-corrected chi connectivity index (χ3v) is 8.94. The molecule has 4 heteroatoms. The zero-order chi connectivity index (χ0) is 21.2. The fourth-order valence-corrected chi connectivity index (χ4v) is 7.06. The zero-order valence-electron chi connectivity index (χ0n) is 19.5. The number of ether oxygens (including phenoxy) is 4. The summed E-state index contributed by atoms with van der Waals surface area (Å²) >= 11 is 0. The third-order valence-electron chi connectivity index (χ3n) is 8.94. The Morgan fingerprint density at radius 3 is 1.97 bits per heavy atom. The molecule has 4 bridgehead atoms. The molecule has 4 saturated carbocycles. The Bertz CT molecular complexity index is 801. The Morgan fingerprint density at radius 2 is 1.45 bits per heavy atom. The van der Waals surface area contributed by atoms with Crippen molar-refractivity contribution in [2.45, 2.75) is 88.8 Å². The summed E-state index contributed by atoms with van der Waals surface area (Å²) in [6.07, 6.45) is 9.95. The van der Waals surface area contributed by atoms with Crippen LogP contribution in [0, 0.1) is 17.8 Å².